The van der Waals surface area contributed by atoms with E-state index in [-0.39, 0.29) is 23.6 Å². The minimum absolute atomic E-state index is 0.00876. The third-order valence-electron chi connectivity index (χ3n) is 5.93. The predicted octanol–water partition coefficient (Wildman–Crippen LogP) is 4.37. The van der Waals surface area contributed by atoms with Gasteiger partial charge >= 0.3 is 0 Å². The van der Waals surface area contributed by atoms with Crippen LogP contribution in [0.2, 0.25) is 0 Å². The van der Waals surface area contributed by atoms with Crippen LogP contribution in [0.1, 0.15) is 31.6 Å². The SMILES string of the molecule is CCCNc1nccc(-c2c(-c3ccc(F)cc3)nc3n2C(Cn2c(O)ccc2O)CC3)n1. The molecule has 0 amide bonds. The van der Waals surface area contributed by atoms with Gasteiger partial charge in [0.1, 0.15) is 11.6 Å². The van der Waals surface area contributed by atoms with Gasteiger partial charge in [0.05, 0.1) is 23.1 Å². The minimum atomic E-state index is -0.309. The fraction of sp³-hybridized carbons (Fsp3) is 0.292. The zero-order valence-corrected chi connectivity index (χ0v) is 18.2. The average Bonchev–Trinajstić information content (AvgIpc) is 3.48. The molecule has 0 bridgehead atoms. The van der Waals surface area contributed by atoms with Crippen LogP contribution in [0.5, 0.6) is 11.8 Å². The summed E-state index contributed by atoms with van der Waals surface area (Å²) >= 11 is 0. The Morgan fingerprint density at radius 3 is 2.55 bits per heavy atom. The second-order valence-electron chi connectivity index (χ2n) is 8.15. The smallest absolute Gasteiger partial charge is 0.223 e. The van der Waals surface area contributed by atoms with Crippen LogP contribution < -0.4 is 5.32 Å². The number of rotatable bonds is 7. The molecular formula is C24H25FN6O2. The van der Waals surface area contributed by atoms with E-state index >= 15 is 0 Å². The van der Waals surface area contributed by atoms with Crippen LogP contribution in [-0.2, 0) is 13.0 Å². The second-order valence-corrected chi connectivity index (χ2v) is 8.15. The van der Waals surface area contributed by atoms with E-state index in [2.05, 4.69) is 21.8 Å². The zero-order chi connectivity index (χ0) is 22.9. The van der Waals surface area contributed by atoms with Crippen molar-refractivity contribution in [3.8, 4) is 34.4 Å². The van der Waals surface area contributed by atoms with E-state index in [4.69, 9.17) is 9.97 Å². The lowest BCUT2D eigenvalue weighted by molar-refractivity contribution is 0.335. The van der Waals surface area contributed by atoms with Crippen LogP contribution in [0.25, 0.3) is 22.6 Å². The van der Waals surface area contributed by atoms with Gasteiger partial charge in [0, 0.05) is 43.4 Å². The Morgan fingerprint density at radius 1 is 1.06 bits per heavy atom. The first-order valence-corrected chi connectivity index (χ1v) is 11.1. The number of hydrogen-bond donors (Lipinski definition) is 3. The van der Waals surface area contributed by atoms with Crippen LogP contribution in [0, 0.1) is 5.82 Å². The molecule has 1 aliphatic rings. The Hall–Kier alpha value is -3.88. The molecule has 0 spiro atoms. The Labute approximate surface area is 190 Å². The van der Waals surface area contributed by atoms with Gasteiger partial charge in [0.15, 0.2) is 11.8 Å². The van der Waals surface area contributed by atoms with Gasteiger partial charge in [-0.3, -0.25) is 4.57 Å². The lowest BCUT2D eigenvalue weighted by Crippen LogP contribution is -2.14. The quantitative estimate of drug-likeness (QED) is 0.388. The molecule has 0 fully saturated rings. The number of aromatic nitrogens is 5. The standard InChI is InChI=1S/C24H25FN6O2/c1-2-12-26-24-27-13-11-18(28-24)23-22(15-3-5-16(25)6-4-15)29-19-8-7-17(31(19)23)14-30-20(32)9-10-21(30)33/h3-6,9-11,13,17,32-33H,2,7-8,12,14H2,1H3,(H,26,27,28). The van der Waals surface area contributed by atoms with E-state index in [0.29, 0.717) is 18.2 Å². The first kappa shape index (κ1) is 21.0. The number of nitrogens with one attached hydrogen (secondary N) is 1. The minimum Gasteiger partial charge on any atom is -0.494 e. The largest absolute Gasteiger partial charge is 0.494 e. The summed E-state index contributed by atoms with van der Waals surface area (Å²) in [5, 5.41) is 23.6. The molecule has 4 aromatic rings. The van der Waals surface area contributed by atoms with E-state index in [1.807, 2.05) is 6.07 Å². The van der Waals surface area contributed by atoms with Crippen molar-refractivity contribution in [3.05, 3.63) is 60.3 Å². The maximum Gasteiger partial charge on any atom is 0.223 e. The highest BCUT2D eigenvalue weighted by atomic mass is 19.1. The molecule has 0 aliphatic carbocycles. The first-order valence-electron chi connectivity index (χ1n) is 11.1. The summed E-state index contributed by atoms with van der Waals surface area (Å²) in [6, 6.07) is 11.0. The molecule has 1 atom stereocenters. The summed E-state index contributed by atoms with van der Waals surface area (Å²) in [7, 11) is 0. The van der Waals surface area contributed by atoms with Crippen LogP contribution >= 0.6 is 0 Å². The summed E-state index contributed by atoms with van der Waals surface area (Å²) in [5.74, 6) is 1.13. The molecule has 5 rings (SSSR count). The number of halogens is 1. The summed E-state index contributed by atoms with van der Waals surface area (Å²) < 4.78 is 17.2. The van der Waals surface area contributed by atoms with Gasteiger partial charge in [-0.25, -0.2) is 19.3 Å². The maximum atomic E-state index is 13.6. The highest BCUT2D eigenvalue weighted by Crippen LogP contribution is 2.40. The van der Waals surface area contributed by atoms with Gasteiger partial charge in [-0.15, -0.1) is 0 Å². The van der Waals surface area contributed by atoms with Gasteiger partial charge in [-0.2, -0.15) is 0 Å². The Morgan fingerprint density at radius 2 is 1.82 bits per heavy atom. The molecule has 0 saturated heterocycles. The topological polar surface area (TPSA) is 101 Å². The van der Waals surface area contributed by atoms with E-state index < -0.39 is 0 Å². The van der Waals surface area contributed by atoms with Crippen molar-refractivity contribution in [2.45, 2.75) is 38.8 Å². The number of anilines is 1. The molecule has 3 N–H and O–H groups in total. The Balaban J connectivity index is 1.63. The number of fused-ring (bicyclic) bond motifs is 1. The molecule has 9 heteroatoms. The van der Waals surface area contributed by atoms with Crippen molar-refractivity contribution >= 4 is 5.95 Å². The normalized spacial score (nSPS) is 15.0. The van der Waals surface area contributed by atoms with E-state index in [1.165, 1.54) is 28.8 Å². The fourth-order valence-corrected chi connectivity index (χ4v) is 4.36. The molecule has 1 aliphatic heterocycles. The van der Waals surface area contributed by atoms with Gasteiger partial charge in [-0.1, -0.05) is 6.92 Å². The predicted molar refractivity (Wildman–Crippen MR) is 123 cm³/mol. The fourth-order valence-electron chi connectivity index (χ4n) is 4.36. The van der Waals surface area contributed by atoms with Crippen LogP contribution in [0.15, 0.2) is 48.7 Å². The molecular weight excluding hydrogens is 423 g/mol. The van der Waals surface area contributed by atoms with Crippen molar-refractivity contribution in [2.75, 3.05) is 11.9 Å². The van der Waals surface area contributed by atoms with Gasteiger partial charge in [0.25, 0.3) is 0 Å². The maximum absolute atomic E-state index is 13.6. The van der Waals surface area contributed by atoms with Crippen molar-refractivity contribution in [1.29, 1.82) is 0 Å². The molecule has 1 aromatic carbocycles. The monoisotopic (exact) mass is 448 g/mol. The molecule has 33 heavy (non-hydrogen) atoms. The summed E-state index contributed by atoms with van der Waals surface area (Å²) in [6.45, 7) is 3.22. The highest BCUT2D eigenvalue weighted by molar-refractivity contribution is 5.78. The van der Waals surface area contributed by atoms with Crippen molar-refractivity contribution in [2.24, 2.45) is 0 Å². The molecule has 170 valence electrons. The molecule has 0 radical (unpaired) electrons. The Kier molecular flexibility index (Phi) is 5.45. The molecule has 0 saturated carbocycles. The van der Waals surface area contributed by atoms with Gasteiger partial charge < -0.3 is 20.1 Å². The van der Waals surface area contributed by atoms with Gasteiger partial charge in [-0.05, 0) is 43.2 Å². The molecule has 8 nitrogen and oxygen atoms in total. The first-order chi connectivity index (χ1) is 16.0. The number of hydrogen-bond acceptors (Lipinski definition) is 6. The number of aromatic hydroxyl groups is 2. The Bertz CT molecular complexity index is 1260. The number of aryl methyl sites for hydroxylation is 1. The highest BCUT2D eigenvalue weighted by Gasteiger charge is 2.31. The van der Waals surface area contributed by atoms with E-state index in [0.717, 1.165) is 48.6 Å². The summed E-state index contributed by atoms with van der Waals surface area (Å²) in [4.78, 5) is 14.0. The van der Waals surface area contributed by atoms with Crippen LogP contribution in [-0.4, -0.2) is 40.8 Å². The summed E-state index contributed by atoms with van der Waals surface area (Å²) in [5.41, 5.74) is 3.03. The van der Waals surface area contributed by atoms with Crippen molar-refractivity contribution in [1.82, 2.24) is 24.1 Å². The van der Waals surface area contributed by atoms with E-state index in [9.17, 15) is 14.6 Å². The second kappa shape index (κ2) is 8.57. The van der Waals surface area contributed by atoms with Crippen molar-refractivity contribution < 1.29 is 14.6 Å². The number of benzene rings is 1. The lowest BCUT2D eigenvalue weighted by atomic mass is 10.1. The van der Waals surface area contributed by atoms with Crippen LogP contribution in [0.3, 0.4) is 0 Å². The van der Waals surface area contributed by atoms with Gasteiger partial charge in [0.2, 0.25) is 5.95 Å². The van der Waals surface area contributed by atoms with Crippen LogP contribution in [0.4, 0.5) is 10.3 Å². The third kappa shape index (κ3) is 3.90. The van der Waals surface area contributed by atoms with E-state index in [1.54, 1.807) is 18.3 Å². The summed E-state index contributed by atoms with van der Waals surface area (Å²) in [6.07, 6.45) is 4.21. The average molecular weight is 449 g/mol. The third-order valence-corrected chi connectivity index (χ3v) is 5.93. The molecule has 1 unspecified atom stereocenters. The number of imidazole rings is 1. The van der Waals surface area contributed by atoms with Crippen molar-refractivity contribution in [3.63, 3.8) is 0 Å². The molecule has 3 aromatic heterocycles. The zero-order valence-electron chi connectivity index (χ0n) is 18.2. The lowest BCUT2D eigenvalue weighted by Gasteiger charge is -2.19. The molecule has 4 heterocycles. The number of nitrogens with zero attached hydrogens (tertiary/aromatic N) is 5.